The second kappa shape index (κ2) is 16.6. The molecule has 3 aromatic carbocycles. The van der Waals surface area contributed by atoms with Crippen molar-refractivity contribution < 1.29 is 24.2 Å². The van der Waals surface area contributed by atoms with Gasteiger partial charge in [0.1, 0.15) is 23.4 Å². The predicted octanol–water partition coefficient (Wildman–Crippen LogP) is 7.18. The van der Waals surface area contributed by atoms with Crippen molar-refractivity contribution in [3.63, 3.8) is 0 Å². The first kappa shape index (κ1) is 35.9. The van der Waals surface area contributed by atoms with Gasteiger partial charge in [-0.15, -0.1) is 0 Å². The normalized spacial score (nSPS) is 13.3. The number of benzene rings is 3. The fraction of sp³-hybridized carbons (Fsp3) is 0.395. The van der Waals surface area contributed by atoms with Gasteiger partial charge in [-0.1, -0.05) is 87.2 Å². The molecule has 0 aliphatic heterocycles. The van der Waals surface area contributed by atoms with Crippen LogP contribution in [0.4, 0.5) is 4.79 Å². The molecule has 0 aliphatic rings. The monoisotopic (exact) mass is 627 g/mol. The number of rotatable bonds is 14. The van der Waals surface area contributed by atoms with Gasteiger partial charge in [0.05, 0.1) is 0 Å². The van der Waals surface area contributed by atoms with Gasteiger partial charge in [-0.3, -0.25) is 9.59 Å². The second-order valence-electron chi connectivity index (χ2n) is 13.1. The minimum absolute atomic E-state index is 0.0907. The van der Waals surface area contributed by atoms with Gasteiger partial charge in [-0.25, -0.2) is 4.79 Å². The number of carbonyl (C=O) groups excluding carboxylic acids is 3. The van der Waals surface area contributed by atoms with E-state index in [1.165, 1.54) is 12.1 Å². The highest BCUT2D eigenvalue weighted by Gasteiger charge is 2.39. The van der Waals surface area contributed by atoms with Crippen LogP contribution in [0.1, 0.15) is 82.7 Å². The van der Waals surface area contributed by atoms with Gasteiger partial charge < -0.3 is 25.4 Å². The highest BCUT2D eigenvalue weighted by Crippen LogP contribution is 2.29. The van der Waals surface area contributed by atoms with Crippen molar-refractivity contribution in [2.24, 2.45) is 5.92 Å². The number of hydrogen-bond donors (Lipinski definition) is 3. The molecule has 0 radical (unpaired) electrons. The average Bonchev–Trinajstić information content (AvgIpc) is 3.01. The summed E-state index contributed by atoms with van der Waals surface area (Å²) >= 11 is 0. The van der Waals surface area contributed by atoms with Gasteiger partial charge >= 0.3 is 6.09 Å². The largest absolute Gasteiger partial charge is 0.508 e. The summed E-state index contributed by atoms with van der Waals surface area (Å²) in [4.78, 5) is 43.8. The molecule has 0 aliphatic carbocycles. The van der Waals surface area contributed by atoms with Crippen molar-refractivity contribution in [3.05, 3.63) is 108 Å². The van der Waals surface area contributed by atoms with Crippen molar-refractivity contribution in [3.8, 4) is 5.75 Å². The van der Waals surface area contributed by atoms with E-state index in [0.29, 0.717) is 17.9 Å². The Hall–Kier alpha value is -4.59. The summed E-state index contributed by atoms with van der Waals surface area (Å²) in [5.41, 5.74) is 2.31. The van der Waals surface area contributed by atoms with Gasteiger partial charge in [0.15, 0.2) is 0 Å². The number of alkyl carbamates (subject to hydrolysis) is 1. The molecule has 0 aromatic heterocycles. The number of carbonyl (C=O) groups is 3. The topological polar surface area (TPSA) is 108 Å². The molecular weight excluding hydrogens is 578 g/mol. The third-order valence-electron chi connectivity index (χ3n) is 7.55. The zero-order chi connectivity index (χ0) is 33.9. The van der Waals surface area contributed by atoms with E-state index in [0.717, 1.165) is 23.1 Å². The summed E-state index contributed by atoms with van der Waals surface area (Å²) in [6, 6.07) is 21.1. The van der Waals surface area contributed by atoms with Crippen LogP contribution in [0.5, 0.6) is 5.75 Å². The van der Waals surface area contributed by atoms with Crippen LogP contribution in [0.3, 0.4) is 0 Å². The van der Waals surface area contributed by atoms with E-state index in [1.807, 2.05) is 61.5 Å². The van der Waals surface area contributed by atoms with Crippen molar-refractivity contribution in [1.82, 2.24) is 15.5 Å². The lowest BCUT2D eigenvalue weighted by Gasteiger charge is -2.39. The summed E-state index contributed by atoms with van der Waals surface area (Å²) in [5, 5.41) is 15.7. The lowest BCUT2D eigenvalue weighted by atomic mass is 9.95. The molecule has 0 heterocycles. The lowest BCUT2D eigenvalue weighted by molar-refractivity contribution is -0.145. The highest BCUT2D eigenvalue weighted by molar-refractivity contribution is 5.92. The lowest BCUT2D eigenvalue weighted by Crippen LogP contribution is -2.56. The Morgan fingerprint density at radius 1 is 0.913 bits per heavy atom. The third-order valence-corrected chi connectivity index (χ3v) is 7.55. The Morgan fingerprint density at radius 3 is 2.20 bits per heavy atom. The van der Waals surface area contributed by atoms with Crippen LogP contribution in [0.2, 0.25) is 0 Å². The Labute approximate surface area is 273 Å². The number of amides is 3. The van der Waals surface area contributed by atoms with E-state index in [9.17, 15) is 19.5 Å². The Morgan fingerprint density at radius 2 is 1.59 bits per heavy atom. The third kappa shape index (κ3) is 11.1. The number of ether oxygens (including phenoxy) is 1. The molecule has 3 atom stereocenters. The van der Waals surface area contributed by atoms with Crippen LogP contribution in [0.25, 0.3) is 6.08 Å². The van der Waals surface area contributed by atoms with Crippen molar-refractivity contribution in [2.75, 3.05) is 0 Å². The van der Waals surface area contributed by atoms with Gasteiger partial charge in [0.25, 0.3) is 0 Å². The maximum Gasteiger partial charge on any atom is 0.408 e. The molecule has 46 heavy (non-hydrogen) atoms. The first-order valence-corrected chi connectivity index (χ1v) is 15.9. The van der Waals surface area contributed by atoms with Crippen molar-refractivity contribution in [1.29, 1.82) is 0 Å². The average molecular weight is 628 g/mol. The zero-order valence-corrected chi connectivity index (χ0v) is 28.0. The van der Waals surface area contributed by atoms with Crippen LogP contribution in [-0.2, 0) is 27.3 Å². The summed E-state index contributed by atoms with van der Waals surface area (Å²) in [7, 11) is 0. The highest BCUT2D eigenvalue weighted by atomic mass is 16.6. The molecular formula is C38H49N3O5. The Kier molecular flexibility index (Phi) is 13.0. The number of aromatic hydroxyl groups is 1. The summed E-state index contributed by atoms with van der Waals surface area (Å²) in [5.74, 6) is -0.288. The van der Waals surface area contributed by atoms with Crippen molar-refractivity contribution >= 4 is 24.0 Å². The van der Waals surface area contributed by atoms with E-state index in [4.69, 9.17) is 4.74 Å². The SMILES string of the molecule is C=Cc1cccc(C(C(=O)NCc2ccccc2)N(C(=O)C(Cc2ccc(O)cc2)NC(=O)OC(C)(C)C)C(C)CCC(C)C)c1. The van der Waals surface area contributed by atoms with E-state index in [-0.39, 0.29) is 30.7 Å². The maximum absolute atomic E-state index is 14.9. The molecule has 0 bridgehead atoms. The maximum atomic E-state index is 14.9. The molecule has 3 rings (SSSR count). The van der Waals surface area contributed by atoms with Gasteiger partial charge in [-0.05, 0) is 86.9 Å². The minimum Gasteiger partial charge on any atom is -0.508 e. The van der Waals surface area contributed by atoms with Crippen LogP contribution < -0.4 is 10.6 Å². The number of nitrogens with zero attached hydrogens (tertiary/aromatic N) is 1. The van der Waals surface area contributed by atoms with Crippen LogP contribution in [0.15, 0.2) is 85.4 Å². The molecule has 0 spiro atoms. The van der Waals surface area contributed by atoms with Gasteiger partial charge in [0, 0.05) is 19.0 Å². The Bertz CT molecular complexity index is 1450. The van der Waals surface area contributed by atoms with E-state index < -0.39 is 29.7 Å². The van der Waals surface area contributed by atoms with E-state index >= 15 is 0 Å². The van der Waals surface area contributed by atoms with Crippen LogP contribution in [-0.4, -0.2) is 45.6 Å². The molecule has 3 aromatic rings. The van der Waals surface area contributed by atoms with Gasteiger partial charge in [-0.2, -0.15) is 0 Å². The second-order valence-corrected chi connectivity index (χ2v) is 13.1. The molecule has 3 amide bonds. The number of phenolic OH excluding ortho intramolecular Hbond substituents is 1. The molecule has 8 nitrogen and oxygen atoms in total. The molecule has 246 valence electrons. The molecule has 3 unspecified atom stereocenters. The predicted molar refractivity (Wildman–Crippen MR) is 183 cm³/mol. The fourth-order valence-electron chi connectivity index (χ4n) is 5.19. The first-order valence-electron chi connectivity index (χ1n) is 15.9. The van der Waals surface area contributed by atoms with E-state index in [2.05, 4.69) is 31.1 Å². The molecule has 0 saturated carbocycles. The standard InChI is InChI=1S/C38H49N3O5/c1-8-28-15-12-16-31(23-28)34(35(43)39-25-30-13-10-9-11-14-30)41(27(4)18-17-26(2)3)36(44)33(40-37(45)46-38(5,6)7)24-29-19-21-32(42)22-20-29/h8-16,19-23,26-27,33-34,42H,1,17-18,24-25H2,2-7H3,(H,39,43)(H,40,45). The molecule has 0 saturated heterocycles. The first-order chi connectivity index (χ1) is 21.8. The van der Waals surface area contributed by atoms with Gasteiger partial charge in [0.2, 0.25) is 11.8 Å². The van der Waals surface area contributed by atoms with Crippen molar-refractivity contribution in [2.45, 2.75) is 91.1 Å². The number of nitrogens with one attached hydrogen (secondary N) is 2. The summed E-state index contributed by atoms with van der Waals surface area (Å²) in [6.45, 7) is 15.6. The quantitative estimate of drug-likeness (QED) is 0.176. The van der Waals surface area contributed by atoms with Crippen LogP contribution >= 0.6 is 0 Å². The number of hydrogen-bond acceptors (Lipinski definition) is 5. The fourth-order valence-corrected chi connectivity index (χ4v) is 5.19. The van der Waals surface area contributed by atoms with Crippen LogP contribution in [0, 0.1) is 5.92 Å². The molecule has 3 N–H and O–H groups in total. The minimum atomic E-state index is -1.06. The summed E-state index contributed by atoms with van der Waals surface area (Å²) < 4.78 is 5.55. The smallest absolute Gasteiger partial charge is 0.408 e. The number of phenols is 1. The zero-order valence-electron chi connectivity index (χ0n) is 28.0. The molecule has 0 fully saturated rings. The Balaban J connectivity index is 2.12. The summed E-state index contributed by atoms with van der Waals surface area (Å²) in [6.07, 6.45) is 2.56. The molecule has 8 heteroatoms. The van der Waals surface area contributed by atoms with E-state index in [1.54, 1.807) is 43.9 Å².